The van der Waals surface area contributed by atoms with Gasteiger partial charge in [-0.15, -0.1) is 0 Å². The van der Waals surface area contributed by atoms with E-state index in [1.54, 1.807) is 36.7 Å². The molecule has 0 bridgehead atoms. The van der Waals surface area contributed by atoms with E-state index >= 15 is 0 Å². The molecule has 0 fully saturated rings. The van der Waals surface area contributed by atoms with Crippen LogP contribution >= 0.6 is 0 Å². The summed E-state index contributed by atoms with van der Waals surface area (Å²) >= 11 is 0. The highest BCUT2D eigenvalue weighted by Crippen LogP contribution is 2.20. The third-order valence-electron chi connectivity index (χ3n) is 3.02. The molecule has 0 radical (unpaired) electrons. The summed E-state index contributed by atoms with van der Waals surface area (Å²) in [5, 5.41) is 27.4. The van der Waals surface area contributed by atoms with Crippen LogP contribution in [0, 0.1) is 0 Å². The van der Waals surface area contributed by atoms with E-state index in [2.05, 4.69) is 9.97 Å². The topological polar surface area (TPSA) is 121 Å². The van der Waals surface area contributed by atoms with Crippen molar-refractivity contribution >= 4 is 11.9 Å². The number of nitrogens with zero attached hydrogens (tertiary/aromatic N) is 2. The molecule has 0 aliphatic rings. The number of aliphatic carboxylic acids is 2. The van der Waals surface area contributed by atoms with Crippen molar-refractivity contribution in [2.45, 2.75) is 12.0 Å². The van der Waals surface area contributed by atoms with Crippen molar-refractivity contribution in [1.29, 1.82) is 0 Å². The molecular formula is C14H12N2O5. The van der Waals surface area contributed by atoms with E-state index < -0.39 is 24.0 Å². The van der Waals surface area contributed by atoms with Gasteiger partial charge in [0.15, 0.2) is 0 Å². The van der Waals surface area contributed by atoms with Crippen molar-refractivity contribution in [2.75, 3.05) is 0 Å². The molecule has 0 unspecified atom stereocenters. The second-order valence-corrected chi connectivity index (χ2v) is 4.47. The number of benzene rings is 1. The third-order valence-corrected chi connectivity index (χ3v) is 3.02. The van der Waals surface area contributed by atoms with E-state index in [-0.39, 0.29) is 0 Å². The number of carboxylic acid groups (broad SMARTS) is 2. The van der Waals surface area contributed by atoms with Crippen molar-refractivity contribution in [2.24, 2.45) is 0 Å². The SMILES string of the molecule is O=C(O)C(O)(Cc1ccc(-c2cncnc2)cc1)C(=O)O. The van der Waals surface area contributed by atoms with E-state index in [0.29, 0.717) is 5.56 Å². The predicted molar refractivity (Wildman–Crippen MR) is 71.4 cm³/mol. The summed E-state index contributed by atoms with van der Waals surface area (Å²) in [6.07, 6.45) is 4.11. The summed E-state index contributed by atoms with van der Waals surface area (Å²) in [6, 6.07) is 6.47. The molecule has 2 rings (SSSR count). The number of aliphatic hydroxyl groups is 1. The molecule has 108 valence electrons. The molecule has 7 nitrogen and oxygen atoms in total. The summed E-state index contributed by atoms with van der Waals surface area (Å²) in [4.78, 5) is 29.6. The van der Waals surface area contributed by atoms with Crippen molar-refractivity contribution in [1.82, 2.24) is 9.97 Å². The lowest BCUT2D eigenvalue weighted by Gasteiger charge is -2.18. The van der Waals surface area contributed by atoms with Gasteiger partial charge in [0.2, 0.25) is 0 Å². The highest BCUT2D eigenvalue weighted by atomic mass is 16.4. The summed E-state index contributed by atoms with van der Waals surface area (Å²) in [7, 11) is 0. The van der Waals surface area contributed by atoms with Crippen molar-refractivity contribution in [3.05, 3.63) is 48.5 Å². The zero-order valence-corrected chi connectivity index (χ0v) is 10.8. The van der Waals surface area contributed by atoms with Gasteiger partial charge in [0.05, 0.1) is 0 Å². The van der Waals surface area contributed by atoms with Gasteiger partial charge in [0.1, 0.15) is 6.33 Å². The highest BCUT2D eigenvalue weighted by Gasteiger charge is 2.44. The lowest BCUT2D eigenvalue weighted by Crippen LogP contribution is -2.48. The number of hydrogen-bond donors (Lipinski definition) is 3. The van der Waals surface area contributed by atoms with Gasteiger partial charge in [-0.25, -0.2) is 19.6 Å². The zero-order chi connectivity index (χ0) is 15.5. The molecule has 0 atom stereocenters. The van der Waals surface area contributed by atoms with Crippen LogP contribution in [0.25, 0.3) is 11.1 Å². The summed E-state index contributed by atoms with van der Waals surface area (Å²) in [6.45, 7) is 0. The second-order valence-electron chi connectivity index (χ2n) is 4.47. The average Bonchev–Trinajstić information content (AvgIpc) is 2.48. The van der Waals surface area contributed by atoms with E-state index in [1.165, 1.54) is 6.33 Å². The second kappa shape index (κ2) is 5.68. The average molecular weight is 288 g/mol. The maximum atomic E-state index is 10.9. The van der Waals surface area contributed by atoms with E-state index in [0.717, 1.165) is 11.1 Å². The van der Waals surface area contributed by atoms with Gasteiger partial charge in [-0.3, -0.25) is 0 Å². The first-order valence-electron chi connectivity index (χ1n) is 5.97. The monoisotopic (exact) mass is 288 g/mol. The van der Waals surface area contributed by atoms with E-state index in [9.17, 15) is 14.7 Å². The number of aromatic nitrogens is 2. The molecule has 7 heteroatoms. The fourth-order valence-electron chi connectivity index (χ4n) is 1.80. The fourth-order valence-corrected chi connectivity index (χ4v) is 1.80. The molecule has 0 aliphatic carbocycles. The molecule has 0 saturated heterocycles. The van der Waals surface area contributed by atoms with Crippen LogP contribution < -0.4 is 0 Å². The Morgan fingerprint density at radius 2 is 1.48 bits per heavy atom. The third kappa shape index (κ3) is 3.03. The van der Waals surface area contributed by atoms with Gasteiger partial charge < -0.3 is 15.3 Å². The molecule has 0 saturated carbocycles. The standard InChI is InChI=1S/C14H12N2O5/c17-12(18)14(21,13(19)20)5-9-1-3-10(4-2-9)11-6-15-8-16-7-11/h1-4,6-8,21H,5H2,(H,17,18)(H,19,20). The number of rotatable bonds is 5. The molecular weight excluding hydrogens is 276 g/mol. The normalized spacial score (nSPS) is 11.1. The first-order valence-corrected chi connectivity index (χ1v) is 5.97. The van der Waals surface area contributed by atoms with Crippen molar-refractivity contribution < 1.29 is 24.9 Å². The van der Waals surface area contributed by atoms with Gasteiger partial charge in [-0.1, -0.05) is 24.3 Å². The largest absolute Gasteiger partial charge is 0.479 e. The molecule has 3 N–H and O–H groups in total. The van der Waals surface area contributed by atoms with Crippen LogP contribution in [0.3, 0.4) is 0 Å². The van der Waals surface area contributed by atoms with Gasteiger partial charge in [-0.05, 0) is 11.1 Å². The summed E-state index contributed by atoms with van der Waals surface area (Å²) < 4.78 is 0. The summed E-state index contributed by atoms with van der Waals surface area (Å²) in [5.41, 5.74) is -0.871. The van der Waals surface area contributed by atoms with Crippen LogP contribution in [0.5, 0.6) is 0 Å². The predicted octanol–water partition coefficient (Wildman–Crippen LogP) is 0.586. The smallest absolute Gasteiger partial charge is 0.347 e. The highest BCUT2D eigenvalue weighted by molar-refractivity contribution is 6.01. The maximum absolute atomic E-state index is 10.9. The van der Waals surface area contributed by atoms with Crippen LogP contribution in [-0.4, -0.2) is 42.8 Å². The minimum Gasteiger partial charge on any atom is -0.479 e. The Morgan fingerprint density at radius 1 is 0.952 bits per heavy atom. The van der Waals surface area contributed by atoms with Gasteiger partial charge in [0, 0.05) is 24.4 Å². The quantitative estimate of drug-likeness (QED) is 0.688. The van der Waals surface area contributed by atoms with Crippen LogP contribution in [0.2, 0.25) is 0 Å². The number of carboxylic acids is 2. The Balaban J connectivity index is 2.24. The molecule has 0 aliphatic heterocycles. The van der Waals surface area contributed by atoms with Crippen LogP contribution in [0.15, 0.2) is 43.0 Å². The van der Waals surface area contributed by atoms with E-state index in [4.69, 9.17) is 10.2 Å². The Bertz CT molecular complexity index is 641. The fraction of sp³-hybridized carbons (Fsp3) is 0.143. The molecule has 0 amide bonds. The first-order chi connectivity index (χ1) is 9.93. The van der Waals surface area contributed by atoms with Crippen molar-refractivity contribution in [3.8, 4) is 11.1 Å². The van der Waals surface area contributed by atoms with Crippen molar-refractivity contribution in [3.63, 3.8) is 0 Å². The molecule has 1 aromatic carbocycles. The van der Waals surface area contributed by atoms with Gasteiger partial charge >= 0.3 is 11.9 Å². The Morgan fingerprint density at radius 3 is 1.95 bits per heavy atom. The minimum absolute atomic E-state index is 0.392. The molecule has 1 heterocycles. The zero-order valence-electron chi connectivity index (χ0n) is 10.8. The lowest BCUT2D eigenvalue weighted by atomic mass is 9.94. The molecule has 1 aromatic heterocycles. The molecule has 21 heavy (non-hydrogen) atoms. The van der Waals surface area contributed by atoms with Crippen LogP contribution in [0.1, 0.15) is 5.56 Å². The van der Waals surface area contributed by atoms with Crippen LogP contribution in [-0.2, 0) is 16.0 Å². The maximum Gasteiger partial charge on any atom is 0.347 e. The lowest BCUT2D eigenvalue weighted by molar-refractivity contribution is -0.175. The van der Waals surface area contributed by atoms with E-state index in [1.807, 2.05) is 0 Å². The molecule has 0 spiro atoms. The first kappa shape index (κ1) is 14.6. The minimum atomic E-state index is -2.84. The Hall–Kier alpha value is -2.80. The number of hydrogen-bond acceptors (Lipinski definition) is 5. The van der Waals surface area contributed by atoms with Crippen LogP contribution in [0.4, 0.5) is 0 Å². The van der Waals surface area contributed by atoms with Gasteiger partial charge in [0.25, 0.3) is 5.60 Å². The Kier molecular flexibility index (Phi) is 3.95. The Labute approximate surface area is 119 Å². The molecule has 2 aromatic rings. The van der Waals surface area contributed by atoms with Gasteiger partial charge in [-0.2, -0.15) is 0 Å². The number of carbonyl (C=O) groups is 2. The summed E-state index contributed by atoms with van der Waals surface area (Å²) in [5.74, 6) is -3.59.